The molecule has 1 aromatic carbocycles. The molecule has 0 radical (unpaired) electrons. The van der Waals surface area contributed by atoms with E-state index in [0.29, 0.717) is 29.4 Å². The third-order valence-electron chi connectivity index (χ3n) is 5.42. The van der Waals surface area contributed by atoms with Crippen molar-refractivity contribution in [2.45, 2.75) is 25.8 Å². The summed E-state index contributed by atoms with van der Waals surface area (Å²) in [6.07, 6.45) is 1.85. The summed E-state index contributed by atoms with van der Waals surface area (Å²) in [4.78, 5) is 27.3. The number of piperidine rings is 1. The van der Waals surface area contributed by atoms with Crippen LogP contribution in [0.2, 0.25) is 0 Å². The van der Waals surface area contributed by atoms with Crippen molar-refractivity contribution in [2.24, 2.45) is 7.05 Å². The van der Waals surface area contributed by atoms with Crippen LogP contribution in [0.15, 0.2) is 18.2 Å². The van der Waals surface area contributed by atoms with Crippen LogP contribution < -0.4 is 29.7 Å². The van der Waals surface area contributed by atoms with Crippen LogP contribution in [0.5, 0.6) is 17.2 Å². The van der Waals surface area contributed by atoms with E-state index in [0.717, 1.165) is 30.9 Å². The first-order chi connectivity index (χ1) is 15.4. The zero-order valence-corrected chi connectivity index (χ0v) is 19.2. The van der Waals surface area contributed by atoms with Crippen LogP contribution in [0.25, 0.3) is 0 Å². The summed E-state index contributed by atoms with van der Waals surface area (Å²) >= 11 is 0. The average Bonchev–Trinajstić information content (AvgIpc) is 3.14. The first-order valence-corrected chi connectivity index (χ1v) is 10.5. The standard InChI is InChI=1S/C22H31N5O5/c1-14-9-20(26(2)25-14)27-8-6-7-16(13-27)24-19(28)12-23-22(29)15-10-17(30-3)21(32-5)18(11-15)31-4/h9-11,16H,6-8,12-13H2,1-5H3,(H,23,29)(H,24,28)/t16-/m1/s1. The number of aromatic nitrogens is 2. The molecule has 2 amide bonds. The van der Waals surface area contributed by atoms with Gasteiger partial charge in [0, 0.05) is 37.8 Å². The van der Waals surface area contributed by atoms with E-state index >= 15 is 0 Å². The number of hydrogen-bond acceptors (Lipinski definition) is 7. The maximum Gasteiger partial charge on any atom is 0.251 e. The highest BCUT2D eigenvalue weighted by molar-refractivity contribution is 5.97. The minimum Gasteiger partial charge on any atom is -0.493 e. The molecule has 1 aliphatic rings. The second-order valence-electron chi connectivity index (χ2n) is 7.72. The molecule has 0 spiro atoms. The van der Waals surface area contributed by atoms with Gasteiger partial charge in [-0.05, 0) is 31.9 Å². The minimum absolute atomic E-state index is 0.00420. The number of nitrogens with one attached hydrogen (secondary N) is 2. The van der Waals surface area contributed by atoms with Crippen molar-refractivity contribution < 1.29 is 23.8 Å². The third kappa shape index (κ3) is 5.24. The molecule has 2 heterocycles. The van der Waals surface area contributed by atoms with Crippen LogP contribution in [0.4, 0.5) is 5.82 Å². The van der Waals surface area contributed by atoms with E-state index < -0.39 is 5.91 Å². The summed E-state index contributed by atoms with van der Waals surface area (Å²) in [5.41, 5.74) is 1.27. The topological polar surface area (TPSA) is 107 Å². The number of nitrogens with zero attached hydrogens (tertiary/aromatic N) is 3. The number of aryl methyl sites for hydroxylation is 2. The fraction of sp³-hybridized carbons (Fsp3) is 0.500. The molecule has 0 saturated carbocycles. The molecule has 1 saturated heterocycles. The van der Waals surface area contributed by atoms with Crippen molar-refractivity contribution in [1.29, 1.82) is 0 Å². The summed E-state index contributed by atoms with van der Waals surface area (Å²) in [5, 5.41) is 10.1. The normalized spacial score (nSPS) is 15.8. The van der Waals surface area contributed by atoms with Gasteiger partial charge in [-0.15, -0.1) is 0 Å². The average molecular weight is 446 g/mol. The van der Waals surface area contributed by atoms with E-state index in [1.165, 1.54) is 21.3 Å². The Hall–Kier alpha value is -3.43. The van der Waals surface area contributed by atoms with Crippen LogP contribution in [0.1, 0.15) is 28.9 Å². The Morgan fingerprint density at radius 2 is 1.81 bits per heavy atom. The summed E-state index contributed by atoms with van der Waals surface area (Å²) in [6, 6.07) is 5.14. The van der Waals surface area contributed by atoms with Gasteiger partial charge in [-0.25, -0.2) is 0 Å². The maximum atomic E-state index is 12.6. The van der Waals surface area contributed by atoms with E-state index in [9.17, 15) is 9.59 Å². The second-order valence-corrected chi connectivity index (χ2v) is 7.72. The molecule has 1 fully saturated rings. The minimum atomic E-state index is -0.407. The second kappa shape index (κ2) is 10.3. The summed E-state index contributed by atoms with van der Waals surface area (Å²) < 4.78 is 17.7. The molecular weight excluding hydrogens is 414 g/mol. The van der Waals surface area contributed by atoms with Crippen molar-refractivity contribution in [2.75, 3.05) is 45.9 Å². The van der Waals surface area contributed by atoms with Crippen LogP contribution >= 0.6 is 0 Å². The highest BCUT2D eigenvalue weighted by Gasteiger charge is 2.24. The third-order valence-corrected chi connectivity index (χ3v) is 5.42. The molecule has 10 heteroatoms. The van der Waals surface area contributed by atoms with E-state index in [2.05, 4.69) is 20.6 Å². The number of rotatable bonds is 8. The lowest BCUT2D eigenvalue weighted by molar-refractivity contribution is -0.120. The van der Waals surface area contributed by atoms with Crippen molar-refractivity contribution in [3.05, 3.63) is 29.5 Å². The molecule has 3 rings (SSSR count). The van der Waals surface area contributed by atoms with Gasteiger partial charge >= 0.3 is 0 Å². The van der Waals surface area contributed by atoms with Gasteiger partial charge in [-0.1, -0.05) is 0 Å². The number of carbonyl (C=O) groups excluding carboxylic acids is 2. The van der Waals surface area contributed by atoms with E-state index in [1.807, 2.05) is 24.7 Å². The Balaban J connectivity index is 1.56. The lowest BCUT2D eigenvalue weighted by Gasteiger charge is -2.34. The SMILES string of the molecule is COc1cc(C(=O)NCC(=O)N[C@@H]2CCCN(c3cc(C)nn3C)C2)cc(OC)c1OC. The van der Waals surface area contributed by atoms with Gasteiger partial charge in [0.2, 0.25) is 11.7 Å². The number of amides is 2. The summed E-state index contributed by atoms with van der Waals surface area (Å²) in [5.74, 6) is 1.53. The number of methoxy groups -OCH3 is 3. The Morgan fingerprint density at radius 3 is 2.38 bits per heavy atom. The van der Waals surface area contributed by atoms with Gasteiger partial charge in [0.25, 0.3) is 5.91 Å². The summed E-state index contributed by atoms with van der Waals surface area (Å²) in [7, 11) is 6.37. The van der Waals surface area contributed by atoms with Crippen molar-refractivity contribution >= 4 is 17.6 Å². The van der Waals surface area contributed by atoms with E-state index in [1.54, 1.807) is 12.1 Å². The van der Waals surface area contributed by atoms with Gasteiger partial charge in [0.1, 0.15) is 5.82 Å². The first kappa shape index (κ1) is 23.2. The Morgan fingerprint density at radius 1 is 1.12 bits per heavy atom. The fourth-order valence-corrected chi connectivity index (χ4v) is 3.95. The Kier molecular flexibility index (Phi) is 7.45. The van der Waals surface area contributed by atoms with Crippen LogP contribution in [0.3, 0.4) is 0 Å². The lowest BCUT2D eigenvalue weighted by atomic mass is 10.1. The monoisotopic (exact) mass is 445 g/mol. The van der Waals surface area contributed by atoms with E-state index in [4.69, 9.17) is 14.2 Å². The molecule has 32 heavy (non-hydrogen) atoms. The van der Waals surface area contributed by atoms with Crippen molar-refractivity contribution in [1.82, 2.24) is 20.4 Å². The number of benzene rings is 1. The van der Waals surface area contributed by atoms with Crippen LogP contribution in [-0.4, -0.2) is 68.6 Å². The number of hydrogen-bond donors (Lipinski definition) is 2. The molecule has 0 bridgehead atoms. The fourth-order valence-electron chi connectivity index (χ4n) is 3.95. The van der Waals surface area contributed by atoms with Crippen LogP contribution in [-0.2, 0) is 11.8 Å². The van der Waals surface area contributed by atoms with Gasteiger partial charge in [0.05, 0.1) is 33.6 Å². The smallest absolute Gasteiger partial charge is 0.251 e. The molecule has 2 aromatic rings. The molecule has 10 nitrogen and oxygen atoms in total. The quantitative estimate of drug-likeness (QED) is 0.630. The zero-order chi connectivity index (χ0) is 23.3. The molecule has 2 N–H and O–H groups in total. The lowest BCUT2D eigenvalue weighted by Crippen LogP contribution is -2.50. The van der Waals surface area contributed by atoms with Crippen molar-refractivity contribution in [3.63, 3.8) is 0 Å². The van der Waals surface area contributed by atoms with Crippen LogP contribution in [0, 0.1) is 6.92 Å². The Labute approximate surface area is 187 Å². The molecule has 0 aliphatic carbocycles. The highest BCUT2D eigenvalue weighted by atomic mass is 16.5. The molecular formula is C22H31N5O5. The predicted molar refractivity (Wildman–Crippen MR) is 120 cm³/mol. The zero-order valence-electron chi connectivity index (χ0n) is 19.2. The largest absolute Gasteiger partial charge is 0.493 e. The number of carbonyl (C=O) groups is 2. The van der Waals surface area contributed by atoms with Gasteiger partial charge < -0.3 is 29.7 Å². The van der Waals surface area contributed by atoms with Gasteiger partial charge in [-0.2, -0.15) is 5.10 Å². The Bertz CT molecular complexity index is 949. The molecule has 0 unspecified atom stereocenters. The molecule has 1 aromatic heterocycles. The van der Waals surface area contributed by atoms with Crippen molar-refractivity contribution in [3.8, 4) is 17.2 Å². The first-order valence-electron chi connectivity index (χ1n) is 10.5. The van der Waals surface area contributed by atoms with Gasteiger partial charge in [0.15, 0.2) is 11.5 Å². The number of anilines is 1. The molecule has 174 valence electrons. The highest BCUT2D eigenvalue weighted by Crippen LogP contribution is 2.38. The van der Waals surface area contributed by atoms with E-state index in [-0.39, 0.29) is 18.5 Å². The number of ether oxygens (including phenoxy) is 3. The molecule has 1 atom stereocenters. The molecule has 1 aliphatic heterocycles. The maximum absolute atomic E-state index is 12.6. The predicted octanol–water partition coefficient (Wildman–Crippen LogP) is 1.27. The van der Waals surface area contributed by atoms with Gasteiger partial charge in [-0.3, -0.25) is 14.3 Å². The summed E-state index contributed by atoms with van der Waals surface area (Å²) in [6.45, 7) is 3.45.